The van der Waals surface area contributed by atoms with Crippen molar-refractivity contribution >= 4 is 8.07 Å². The zero-order valence-electron chi connectivity index (χ0n) is 16.2. The normalized spacial score (nSPS) is 32.3. The summed E-state index contributed by atoms with van der Waals surface area (Å²) in [6.07, 6.45) is 1.96. The Morgan fingerprint density at radius 1 is 1.13 bits per heavy atom. The van der Waals surface area contributed by atoms with Crippen LogP contribution in [0.4, 0.5) is 0 Å². The monoisotopic (exact) mass is 332 g/mol. The Morgan fingerprint density at radius 3 is 2.17 bits per heavy atom. The van der Waals surface area contributed by atoms with Crippen LogP contribution in [0.15, 0.2) is 30.3 Å². The molecule has 23 heavy (non-hydrogen) atoms. The van der Waals surface area contributed by atoms with Gasteiger partial charge in [-0.1, -0.05) is 83.7 Å². The summed E-state index contributed by atoms with van der Waals surface area (Å²) in [5.74, 6) is 1.40. The number of benzene rings is 1. The number of hydrogen-bond acceptors (Lipinski definition) is 1. The van der Waals surface area contributed by atoms with E-state index in [-0.39, 0.29) is 5.41 Å². The van der Waals surface area contributed by atoms with Crippen LogP contribution in [-0.4, -0.2) is 18.8 Å². The number of hydrogen-bond donors (Lipinski definition) is 1. The molecule has 0 heterocycles. The van der Waals surface area contributed by atoms with E-state index in [0.29, 0.717) is 17.8 Å². The van der Waals surface area contributed by atoms with E-state index in [2.05, 4.69) is 77.7 Å². The molecule has 1 aromatic carbocycles. The van der Waals surface area contributed by atoms with E-state index in [1.54, 1.807) is 0 Å². The van der Waals surface area contributed by atoms with Crippen LogP contribution >= 0.6 is 0 Å². The second-order valence-electron chi connectivity index (χ2n) is 10.1. The highest BCUT2D eigenvalue weighted by Gasteiger charge is 2.55. The van der Waals surface area contributed by atoms with Crippen molar-refractivity contribution < 1.29 is 5.11 Å². The highest BCUT2D eigenvalue weighted by atomic mass is 28.3. The summed E-state index contributed by atoms with van der Waals surface area (Å²) in [7, 11) is -1.24. The molecule has 0 saturated heterocycles. The smallest absolute Gasteiger partial charge is 0.0741 e. The zero-order valence-corrected chi connectivity index (χ0v) is 17.2. The van der Waals surface area contributed by atoms with Gasteiger partial charge < -0.3 is 5.11 Å². The maximum Gasteiger partial charge on any atom is 0.0741 e. The van der Waals surface area contributed by atoms with E-state index in [1.807, 2.05) is 0 Å². The van der Waals surface area contributed by atoms with Crippen molar-refractivity contribution in [3.63, 3.8) is 0 Å². The molecule has 1 aliphatic rings. The van der Waals surface area contributed by atoms with E-state index in [1.165, 1.54) is 11.6 Å². The first-order chi connectivity index (χ1) is 10.4. The molecular weight excluding hydrogens is 296 g/mol. The SMILES string of the molecule is C[C@H]1C[C@@H](C(C)(C)C)[C@@H](C[Si](C)(C)C)[C@]1(O)Cc1ccccc1. The fraction of sp³-hybridized carbons (Fsp3) is 0.714. The molecule has 1 N–H and O–H groups in total. The van der Waals surface area contributed by atoms with Crippen LogP contribution in [-0.2, 0) is 6.42 Å². The summed E-state index contributed by atoms with van der Waals surface area (Å²) in [4.78, 5) is 0. The van der Waals surface area contributed by atoms with Gasteiger partial charge in [0, 0.05) is 14.5 Å². The van der Waals surface area contributed by atoms with Crippen LogP contribution in [0.25, 0.3) is 0 Å². The van der Waals surface area contributed by atoms with E-state index >= 15 is 0 Å². The summed E-state index contributed by atoms with van der Waals surface area (Å²) < 4.78 is 0. The van der Waals surface area contributed by atoms with Crippen LogP contribution in [0, 0.1) is 23.2 Å². The molecule has 1 fully saturated rings. The Labute approximate surface area is 144 Å². The van der Waals surface area contributed by atoms with Gasteiger partial charge in [-0.15, -0.1) is 0 Å². The van der Waals surface area contributed by atoms with Crippen molar-refractivity contribution in [2.75, 3.05) is 0 Å². The van der Waals surface area contributed by atoms with E-state index in [9.17, 15) is 5.11 Å². The third kappa shape index (κ3) is 4.27. The molecule has 130 valence electrons. The van der Waals surface area contributed by atoms with Crippen molar-refractivity contribution in [2.24, 2.45) is 23.2 Å². The van der Waals surface area contributed by atoms with Crippen molar-refractivity contribution in [3.8, 4) is 0 Å². The Kier molecular flexibility index (Phi) is 5.18. The molecule has 0 spiro atoms. The van der Waals surface area contributed by atoms with E-state index < -0.39 is 13.7 Å². The molecule has 4 atom stereocenters. The van der Waals surface area contributed by atoms with Gasteiger partial charge in [0.15, 0.2) is 0 Å². The van der Waals surface area contributed by atoms with E-state index in [4.69, 9.17) is 0 Å². The maximum absolute atomic E-state index is 11.8. The highest BCUT2D eigenvalue weighted by molar-refractivity contribution is 6.76. The standard InChI is InChI=1S/C21H36OSi/c1-16-13-18(20(2,3)4)19(15-23(5,6)7)21(16,22)14-17-11-9-8-10-12-17/h8-12,16,18-19,22H,13-15H2,1-7H3/t16-,18+,19+,21-/m0/s1. The van der Waals surface area contributed by atoms with Crippen LogP contribution in [0.1, 0.15) is 39.7 Å². The molecule has 0 aromatic heterocycles. The average molecular weight is 333 g/mol. The fourth-order valence-corrected chi connectivity index (χ4v) is 6.58. The van der Waals surface area contributed by atoms with Gasteiger partial charge in [-0.25, -0.2) is 0 Å². The molecule has 2 rings (SSSR count). The lowest BCUT2D eigenvalue weighted by Gasteiger charge is -2.42. The first-order valence-electron chi connectivity index (χ1n) is 9.20. The molecule has 1 aliphatic carbocycles. The molecule has 0 unspecified atom stereocenters. The first kappa shape index (κ1) is 18.7. The summed E-state index contributed by atoms with van der Waals surface area (Å²) >= 11 is 0. The molecule has 2 heteroatoms. The highest BCUT2D eigenvalue weighted by Crippen LogP contribution is 2.55. The minimum atomic E-state index is -1.24. The van der Waals surface area contributed by atoms with Gasteiger partial charge in [0.1, 0.15) is 0 Å². The van der Waals surface area contributed by atoms with Crippen molar-refractivity contribution in [3.05, 3.63) is 35.9 Å². The molecule has 0 bridgehead atoms. The number of rotatable bonds is 4. The largest absolute Gasteiger partial charge is 0.389 e. The minimum absolute atomic E-state index is 0.264. The Hall–Kier alpha value is -0.603. The lowest BCUT2D eigenvalue weighted by Crippen LogP contribution is -2.46. The average Bonchev–Trinajstić information content (AvgIpc) is 2.63. The molecule has 1 nitrogen and oxygen atoms in total. The molecule has 1 aromatic rings. The predicted octanol–water partition coefficient (Wildman–Crippen LogP) is 5.62. The third-order valence-electron chi connectivity index (χ3n) is 5.86. The summed E-state index contributed by atoms with van der Waals surface area (Å²) in [6.45, 7) is 16.7. The second-order valence-corrected chi connectivity index (χ2v) is 15.7. The molecule has 0 radical (unpaired) electrons. The summed E-state index contributed by atoms with van der Waals surface area (Å²) in [6, 6.07) is 11.8. The van der Waals surface area contributed by atoms with Crippen molar-refractivity contribution in [1.82, 2.24) is 0 Å². The van der Waals surface area contributed by atoms with Crippen LogP contribution < -0.4 is 0 Å². The summed E-state index contributed by atoms with van der Waals surface area (Å²) in [5, 5.41) is 11.8. The number of aliphatic hydroxyl groups is 1. The molecule has 0 amide bonds. The maximum atomic E-state index is 11.8. The lowest BCUT2D eigenvalue weighted by atomic mass is 9.71. The van der Waals surface area contributed by atoms with Gasteiger partial charge in [0.2, 0.25) is 0 Å². The van der Waals surface area contributed by atoms with Gasteiger partial charge in [0.05, 0.1) is 5.60 Å². The predicted molar refractivity (Wildman–Crippen MR) is 103 cm³/mol. The summed E-state index contributed by atoms with van der Waals surface area (Å²) in [5.41, 5.74) is 0.983. The molecule has 1 saturated carbocycles. The van der Waals surface area contributed by atoms with Crippen LogP contribution in [0.5, 0.6) is 0 Å². The zero-order chi connectivity index (χ0) is 17.5. The second kappa shape index (κ2) is 6.37. The quantitative estimate of drug-likeness (QED) is 0.710. The van der Waals surface area contributed by atoms with Gasteiger partial charge in [-0.2, -0.15) is 0 Å². The Bertz CT molecular complexity index is 511. The van der Waals surface area contributed by atoms with Crippen molar-refractivity contribution in [2.45, 2.75) is 71.8 Å². The van der Waals surface area contributed by atoms with E-state index in [0.717, 1.165) is 12.8 Å². The van der Waals surface area contributed by atoms with Gasteiger partial charge in [0.25, 0.3) is 0 Å². The first-order valence-corrected chi connectivity index (χ1v) is 12.9. The lowest BCUT2D eigenvalue weighted by molar-refractivity contribution is -0.0384. The van der Waals surface area contributed by atoms with Crippen LogP contribution in [0.2, 0.25) is 25.7 Å². The van der Waals surface area contributed by atoms with Gasteiger partial charge >= 0.3 is 0 Å². The van der Waals surface area contributed by atoms with Crippen molar-refractivity contribution in [1.29, 1.82) is 0 Å². The van der Waals surface area contributed by atoms with Crippen LogP contribution in [0.3, 0.4) is 0 Å². The van der Waals surface area contributed by atoms with Gasteiger partial charge in [-0.3, -0.25) is 0 Å². The Morgan fingerprint density at radius 2 is 1.70 bits per heavy atom. The Balaban J connectivity index is 2.37. The van der Waals surface area contributed by atoms with Gasteiger partial charge in [-0.05, 0) is 35.2 Å². The minimum Gasteiger partial charge on any atom is -0.389 e. The molecular formula is C21H36OSi. The topological polar surface area (TPSA) is 20.2 Å². The fourth-order valence-electron chi connectivity index (χ4n) is 4.63. The third-order valence-corrected chi connectivity index (χ3v) is 7.53. The molecule has 0 aliphatic heterocycles.